The molecule has 1 atom stereocenters. The van der Waals surface area contributed by atoms with E-state index in [0.29, 0.717) is 11.5 Å². The second-order valence-corrected chi connectivity index (χ2v) is 7.29. The van der Waals surface area contributed by atoms with E-state index in [0.717, 1.165) is 18.5 Å². The van der Waals surface area contributed by atoms with Gasteiger partial charge in [-0.2, -0.15) is 11.8 Å². The highest BCUT2D eigenvalue weighted by molar-refractivity contribution is 7.99. The van der Waals surface area contributed by atoms with Gasteiger partial charge in [-0.05, 0) is 60.7 Å². The van der Waals surface area contributed by atoms with Crippen LogP contribution in [0.3, 0.4) is 0 Å². The van der Waals surface area contributed by atoms with Gasteiger partial charge in [0.1, 0.15) is 5.82 Å². The fourth-order valence-corrected chi connectivity index (χ4v) is 4.23. The smallest absolute Gasteiger partial charge is 0.123 e. The molecule has 106 valence electrons. The van der Waals surface area contributed by atoms with Gasteiger partial charge in [-0.25, -0.2) is 4.39 Å². The average molecular weight is 281 g/mol. The minimum atomic E-state index is -0.140. The van der Waals surface area contributed by atoms with Crippen LogP contribution in [0.4, 0.5) is 4.39 Å². The maximum atomic E-state index is 13.0. The molecule has 1 N–H and O–H groups in total. The number of halogens is 1. The number of rotatable bonds is 4. The van der Waals surface area contributed by atoms with Gasteiger partial charge in [-0.15, -0.1) is 0 Å². The van der Waals surface area contributed by atoms with Gasteiger partial charge in [0.15, 0.2) is 0 Å². The molecular weight excluding hydrogens is 257 g/mol. The molecule has 1 nitrogen and oxygen atoms in total. The fraction of sp³-hybridized carbons (Fsp3) is 0.625. The lowest BCUT2D eigenvalue weighted by atomic mass is 9.82. The first-order chi connectivity index (χ1) is 8.99. The predicted octanol–water partition coefficient (Wildman–Crippen LogP) is 3.80. The van der Waals surface area contributed by atoms with Crippen molar-refractivity contribution in [3.8, 4) is 0 Å². The normalized spacial score (nSPS) is 22.4. The molecule has 19 heavy (non-hydrogen) atoms. The Kier molecular flexibility index (Phi) is 4.91. The van der Waals surface area contributed by atoms with Crippen molar-refractivity contribution in [3.63, 3.8) is 0 Å². The Labute approximate surface area is 120 Å². The highest BCUT2D eigenvalue weighted by Gasteiger charge is 2.31. The zero-order valence-corrected chi connectivity index (χ0v) is 12.9. The molecule has 2 rings (SSSR count). The summed E-state index contributed by atoms with van der Waals surface area (Å²) in [5, 5.41) is 3.69. The zero-order valence-electron chi connectivity index (χ0n) is 12.1. The van der Waals surface area contributed by atoms with Gasteiger partial charge in [-0.1, -0.05) is 19.9 Å². The summed E-state index contributed by atoms with van der Waals surface area (Å²) in [6, 6.07) is 5.68. The van der Waals surface area contributed by atoms with Gasteiger partial charge in [-0.3, -0.25) is 0 Å². The van der Waals surface area contributed by atoms with Crippen molar-refractivity contribution in [2.75, 3.05) is 18.1 Å². The summed E-state index contributed by atoms with van der Waals surface area (Å²) in [7, 11) is 0. The van der Waals surface area contributed by atoms with Crippen LogP contribution in [0.1, 0.15) is 31.4 Å². The first kappa shape index (κ1) is 14.9. The van der Waals surface area contributed by atoms with E-state index in [2.05, 4.69) is 19.2 Å². The molecule has 0 saturated carbocycles. The summed E-state index contributed by atoms with van der Waals surface area (Å²) in [6.07, 6.45) is 2.26. The molecule has 1 fully saturated rings. The molecule has 1 aliphatic heterocycles. The molecule has 0 aliphatic carbocycles. The highest BCUT2D eigenvalue weighted by atomic mass is 32.2. The number of hydrogen-bond donors (Lipinski definition) is 1. The maximum absolute atomic E-state index is 13.0. The van der Waals surface area contributed by atoms with Crippen LogP contribution in [-0.4, -0.2) is 24.1 Å². The van der Waals surface area contributed by atoms with E-state index in [9.17, 15) is 4.39 Å². The van der Waals surface area contributed by atoms with Crippen molar-refractivity contribution in [1.82, 2.24) is 5.32 Å². The van der Waals surface area contributed by atoms with Crippen LogP contribution < -0.4 is 5.32 Å². The molecule has 1 aromatic rings. The summed E-state index contributed by atoms with van der Waals surface area (Å²) in [5.74, 6) is 2.34. The van der Waals surface area contributed by atoms with E-state index in [-0.39, 0.29) is 5.82 Å². The Bertz CT molecular complexity index is 431. The Balaban J connectivity index is 1.86. The summed E-state index contributed by atoms with van der Waals surface area (Å²) in [4.78, 5) is 0. The summed E-state index contributed by atoms with van der Waals surface area (Å²) in [6.45, 7) is 7.67. The minimum absolute atomic E-state index is 0.140. The predicted molar refractivity (Wildman–Crippen MR) is 82.4 cm³/mol. The quantitative estimate of drug-likeness (QED) is 0.901. The lowest BCUT2D eigenvalue weighted by Crippen LogP contribution is -2.47. The van der Waals surface area contributed by atoms with E-state index in [1.807, 2.05) is 24.8 Å². The van der Waals surface area contributed by atoms with Gasteiger partial charge >= 0.3 is 0 Å². The molecule has 1 unspecified atom stereocenters. The van der Waals surface area contributed by atoms with E-state index >= 15 is 0 Å². The largest absolute Gasteiger partial charge is 0.312 e. The topological polar surface area (TPSA) is 12.0 Å². The van der Waals surface area contributed by atoms with Gasteiger partial charge in [0, 0.05) is 11.8 Å². The first-order valence-corrected chi connectivity index (χ1v) is 8.21. The van der Waals surface area contributed by atoms with Crippen LogP contribution in [0.5, 0.6) is 0 Å². The SMILES string of the molecule is Cc1cc(F)ccc1CCNC1CSCCC1(C)C. The molecule has 0 bridgehead atoms. The molecular formula is C16H24FNS. The summed E-state index contributed by atoms with van der Waals surface area (Å²) in [5.41, 5.74) is 2.69. The third kappa shape index (κ3) is 3.96. The second kappa shape index (κ2) is 6.27. The number of thioether (sulfide) groups is 1. The lowest BCUT2D eigenvalue weighted by Gasteiger charge is -2.39. The average Bonchev–Trinajstić information content (AvgIpc) is 2.33. The summed E-state index contributed by atoms with van der Waals surface area (Å²) >= 11 is 2.04. The fourth-order valence-electron chi connectivity index (χ4n) is 2.59. The Morgan fingerprint density at radius 1 is 1.42 bits per heavy atom. The van der Waals surface area contributed by atoms with Gasteiger partial charge in [0.2, 0.25) is 0 Å². The maximum Gasteiger partial charge on any atom is 0.123 e. The van der Waals surface area contributed by atoms with E-state index in [4.69, 9.17) is 0 Å². The van der Waals surface area contributed by atoms with Crippen molar-refractivity contribution >= 4 is 11.8 Å². The molecule has 1 aromatic carbocycles. The van der Waals surface area contributed by atoms with Crippen LogP contribution in [0.25, 0.3) is 0 Å². The number of aryl methyl sites for hydroxylation is 1. The first-order valence-electron chi connectivity index (χ1n) is 7.05. The van der Waals surface area contributed by atoms with E-state index in [1.54, 1.807) is 12.1 Å². The molecule has 0 amide bonds. The molecule has 3 heteroatoms. The molecule has 0 spiro atoms. The van der Waals surface area contributed by atoms with Crippen LogP contribution >= 0.6 is 11.8 Å². The van der Waals surface area contributed by atoms with Crippen LogP contribution in [0, 0.1) is 18.2 Å². The highest BCUT2D eigenvalue weighted by Crippen LogP contribution is 2.34. The summed E-state index contributed by atoms with van der Waals surface area (Å²) < 4.78 is 13.0. The zero-order chi connectivity index (χ0) is 13.9. The van der Waals surface area contributed by atoms with Crippen molar-refractivity contribution in [2.45, 2.75) is 39.7 Å². The Morgan fingerprint density at radius 3 is 2.89 bits per heavy atom. The number of nitrogens with one attached hydrogen (secondary N) is 1. The lowest BCUT2D eigenvalue weighted by molar-refractivity contribution is 0.247. The Hall–Kier alpha value is -0.540. The molecule has 0 radical (unpaired) electrons. The molecule has 1 aliphatic rings. The molecule has 1 saturated heterocycles. The molecule has 0 aromatic heterocycles. The Morgan fingerprint density at radius 2 is 2.21 bits per heavy atom. The second-order valence-electron chi connectivity index (χ2n) is 6.14. The van der Waals surface area contributed by atoms with Crippen molar-refractivity contribution in [3.05, 3.63) is 35.1 Å². The van der Waals surface area contributed by atoms with Gasteiger partial charge in [0.05, 0.1) is 0 Å². The van der Waals surface area contributed by atoms with E-state index in [1.165, 1.54) is 23.5 Å². The van der Waals surface area contributed by atoms with Crippen LogP contribution in [-0.2, 0) is 6.42 Å². The minimum Gasteiger partial charge on any atom is -0.312 e. The van der Waals surface area contributed by atoms with Gasteiger partial charge < -0.3 is 5.32 Å². The van der Waals surface area contributed by atoms with Gasteiger partial charge in [0.25, 0.3) is 0 Å². The number of hydrogen-bond acceptors (Lipinski definition) is 2. The standard InChI is InChI=1S/C16H24FNS/c1-12-10-14(17)5-4-13(12)6-8-18-15-11-19-9-7-16(15,2)3/h4-5,10,15,18H,6-9,11H2,1-3H3. The molecule has 1 heterocycles. The van der Waals surface area contributed by atoms with Crippen molar-refractivity contribution in [1.29, 1.82) is 0 Å². The number of benzene rings is 1. The van der Waals surface area contributed by atoms with E-state index < -0.39 is 0 Å². The monoisotopic (exact) mass is 281 g/mol. The van der Waals surface area contributed by atoms with Crippen molar-refractivity contribution in [2.24, 2.45) is 5.41 Å². The van der Waals surface area contributed by atoms with Crippen LogP contribution in [0.2, 0.25) is 0 Å². The van der Waals surface area contributed by atoms with Crippen molar-refractivity contribution < 1.29 is 4.39 Å². The third-order valence-corrected chi connectivity index (χ3v) is 5.27. The third-order valence-electron chi connectivity index (χ3n) is 4.21. The van der Waals surface area contributed by atoms with Crippen LogP contribution in [0.15, 0.2) is 18.2 Å².